The lowest BCUT2D eigenvalue weighted by molar-refractivity contribution is 0.0693. The summed E-state index contributed by atoms with van der Waals surface area (Å²) in [5, 5.41) is 17.2. The second kappa shape index (κ2) is 5.22. The van der Waals surface area contributed by atoms with Crippen LogP contribution in [0, 0.1) is 5.53 Å². The summed E-state index contributed by atoms with van der Waals surface area (Å²) in [5.74, 6) is -1.81. The number of rotatable bonds is 1. The number of pyridine rings is 1. The van der Waals surface area contributed by atoms with Crippen molar-refractivity contribution in [1.29, 1.82) is 5.53 Å². The van der Waals surface area contributed by atoms with Crippen molar-refractivity contribution in [3.63, 3.8) is 0 Å². The molecule has 0 radical (unpaired) electrons. The van der Waals surface area contributed by atoms with Crippen molar-refractivity contribution in [1.82, 2.24) is 4.98 Å². The molecule has 0 amide bonds. The van der Waals surface area contributed by atoms with Crippen LogP contribution in [0.5, 0.6) is 5.75 Å². The minimum Gasteiger partial charge on any atom is -0.507 e. The zero-order valence-corrected chi connectivity index (χ0v) is 6.76. The van der Waals surface area contributed by atoms with Crippen molar-refractivity contribution in [2.75, 3.05) is 0 Å². The van der Waals surface area contributed by atoms with Crippen molar-refractivity contribution in [2.24, 2.45) is 0 Å². The Morgan fingerprint density at radius 3 is 2.50 bits per heavy atom. The molecule has 0 atom stereocenters. The average molecular weight is 198 g/mol. The number of hydrogen-bond donors (Lipinski definition) is 4. The molecule has 0 bridgehead atoms. The quantitative estimate of drug-likeness (QED) is 0.297. The normalized spacial score (nSPS) is 8.00. The molecule has 8 nitrogen and oxygen atoms in total. The first-order valence-electron chi connectivity index (χ1n) is 3.18. The van der Waals surface area contributed by atoms with E-state index in [9.17, 15) is 9.59 Å². The number of nitrogens with one attached hydrogen (secondary N) is 2. The molecule has 4 N–H and O–H groups in total. The van der Waals surface area contributed by atoms with E-state index >= 15 is 0 Å². The number of aromatic hydroxyl groups is 1. The third-order valence-electron chi connectivity index (χ3n) is 1.13. The fraction of sp³-hybridized carbons (Fsp3) is 0. The maximum atomic E-state index is 10.5. The zero-order chi connectivity index (χ0) is 11.1. The van der Waals surface area contributed by atoms with E-state index in [0.717, 1.165) is 12.3 Å². The summed E-state index contributed by atoms with van der Waals surface area (Å²) in [7, 11) is 0. The van der Waals surface area contributed by atoms with E-state index in [1.54, 1.807) is 4.91 Å². The second-order valence-electron chi connectivity index (χ2n) is 2.00. The van der Waals surface area contributed by atoms with E-state index in [4.69, 9.17) is 21.3 Å². The average Bonchev–Trinajstić information content (AvgIpc) is 2.04. The molecular weight excluding hydrogens is 192 g/mol. The minimum atomic E-state index is -1.28. The molecule has 0 aliphatic rings. The van der Waals surface area contributed by atoms with Gasteiger partial charge >= 0.3 is 5.97 Å². The smallest absolute Gasteiger partial charge is 0.340 e. The molecule has 0 saturated heterocycles. The summed E-state index contributed by atoms with van der Waals surface area (Å²) in [4.78, 5) is 24.6. The van der Waals surface area contributed by atoms with Crippen molar-refractivity contribution >= 4 is 5.97 Å². The first-order chi connectivity index (χ1) is 6.52. The van der Waals surface area contributed by atoms with E-state index in [-0.39, 0.29) is 5.56 Å². The predicted octanol–water partition coefficient (Wildman–Crippen LogP) is 0.654. The van der Waals surface area contributed by atoms with Crippen LogP contribution in [0.3, 0.4) is 0 Å². The lowest BCUT2D eigenvalue weighted by atomic mass is 10.3. The fourth-order valence-electron chi connectivity index (χ4n) is 0.632. The SMILES string of the molecule is O=C(O)c1c[nH]c(=O)cc1O.[N-]=[N+]=N. The molecule has 0 fully saturated rings. The number of nitrogens with zero attached hydrogens (tertiary/aromatic N) is 2. The fourth-order valence-corrected chi connectivity index (χ4v) is 0.632. The predicted molar refractivity (Wildman–Crippen MR) is 45.1 cm³/mol. The Hall–Kier alpha value is -2.47. The molecule has 0 spiro atoms. The maximum Gasteiger partial charge on any atom is 0.340 e. The highest BCUT2D eigenvalue weighted by Crippen LogP contribution is 2.10. The molecule has 14 heavy (non-hydrogen) atoms. The second-order valence-corrected chi connectivity index (χ2v) is 2.00. The van der Waals surface area contributed by atoms with Gasteiger partial charge in [-0.15, -0.1) is 5.53 Å². The summed E-state index contributed by atoms with van der Waals surface area (Å²) >= 11 is 0. The van der Waals surface area contributed by atoms with Crippen LogP contribution < -0.4 is 5.56 Å². The molecule has 0 aliphatic carbocycles. The molecule has 0 unspecified atom stereocenters. The largest absolute Gasteiger partial charge is 0.507 e. The van der Waals surface area contributed by atoms with Crippen LogP contribution in [0.25, 0.3) is 10.4 Å². The Morgan fingerprint density at radius 1 is 1.64 bits per heavy atom. The van der Waals surface area contributed by atoms with E-state index < -0.39 is 17.3 Å². The Balaban J connectivity index is 0.000000500. The summed E-state index contributed by atoms with van der Waals surface area (Å²) < 4.78 is 0. The lowest BCUT2D eigenvalue weighted by Crippen LogP contribution is -2.06. The van der Waals surface area contributed by atoms with Gasteiger partial charge in [0.15, 0.2) is 0 Å². The van der Waals surface area contributed by atoms with Gasteiger partial charge in [0.1, 0.15) is 11.3 Å². The molecule has 0 saturated carbocycles. The molecular formula is C6H6N4O4. The van der Waals surface area contributed by atoms with E-state index in [1.807, 2.05) is 0 Å². The van der Waals surface area contributed by atoms with Crippen molar-refractivity contribution in [2.45, 2.75) is 0 Å². The van der Waals surface area contributed by atoms with E-state index in [1.165, 1.54) is 0 Å². The Labute approximate surface area is 76.9 Å². The number of aromatic nitrogens is 1. The number of aromatic amines is 1. The Kier molecular flexibility index (Phi) is 4.30. The zero-order valence-electron chi connectivity index (χ0n) is 6.76. The van der Waals surface area contributed by atoms with Gasteiger partial charge in [0.25, 0.3) is 5.56 Å². The Bertz CT molecular complexity index is 418. The van der Waals surface area contributed by atoms with Gasteiger partial charge in [-0.1, -0.05) is 0 Å². The van der Waals surface area contributed by atoms with Gasteiger partial charge in [0.2, 0.25) is 0 Å². The first kappa shape index (κ1) is 11.5. The molecule has 1 rings (SSSR count). The highest BCUT2D eigenvalue weighted by molar-refractivity contribution is 5.90. The van der Waals surface area contributed by atoms with Gasteiger partial charge in [-0.3, -0.25) is 4.79 Å². The number of carboxylic acid groups (broad SMARTS) is 1. The van der Waals surface area contributed by atoms with E-state index in [0.29, 0.717) is 0 Å². The number of H-pyrrole nitrogens is 1. The summed E-state index contributed by atoms with van der Waals surface area (Å²) in [6.07, 6.45) is 0.944. The van der Waals surface area contributed by atoms with Crippen LogP contribution in [0.4, 0.5) is 0 Å². The van der Waals surface area contributed by atoms with Crippen LogP contribution in [-0.4, -0.2) is 21.2 Å². The summed E-state index contributed by atoms with van der Waals surface area (Å²) in [6, 6.07) is 0.809. The summed E-state index contributed by atoms with van der Waals surface area (Å²) in [5.41, 5.74) is 11.4. The van der Waals surface area contributed by atoms with Gasteiger partial charge in [-0.05, 0) is 10.4 Å². The van der Waals surface area contributed by atoms with Crippen LogP contribution >= 0.6 is 0 Å². The minimum absolute atomic E-state index is 0.315. The number of hydrogen-bond acceptors (Lipinski definition) is 4. The molecule has 1 aromatic rings. The van der Waals surface area contributed by atoms with Gasteiger partial charge in [0.05, 0.1) is 0 Å². The van der Waals surface area contributed by atoms with E-state index in [2.05, 4.69) is 4.98 Å². The van der Waals surface area contributed by atoms with Crippen LogP contribution in [-0.2, 0) is 0 Å². The van der Waals surface area contributed by atoms with Gasteiger partial charge in [0, 0.05) is 12.3 Å². The summed E-state index contributed by atoms with van der Waals surface area (Å²) in [6.45, 7) is 0. The third-order valence-corrected chi connectivity index (χ3v) is 1.13. The molecule has 0 aromatic carbocycles. The van der Waals surface area contributed by atoms with Crippen LogP contribution in [0.2, 0.25) is 0 Å². The molecule has 1 heterocycles. The molecule has 8 heteroatoms. The Morgan fingerprint density at radius 2 is 2.14 bits per heavy atom. The van der Waals surface area contributed by atoms with Gasteiger partial charge in [-0.25, -0.2) is 4.79 Å². The van der Waals surface area contributed by atoms with Crippen LogP contribution in [0.1, 0.15) is 10.4 Å². The number of aromatic carboxylic acids is 1. The van der Waals surface area contributed by atoms with Crippen molar-refractivity contribution < 1.29 is 15.0 Å². The van der Waals surface area contributed by atoms with Crippen LogP contribution in [0.15, 0.2) is 17.1 Å². The lowest BCUT2D eigenvalue weighted by Gasteiger charge is -1.94. The molecule has 0 aliphatic heterocycles. The monoisotopic (exact) mass is 198 g/mol. The third kappa shape index (κ3) is 3.28. The molecule has 74 valence electrons. The topological polar surface area (TPSA) is 151 Å². The standard InChI is InChI=1S/C6H5NO4.HN3/c8-4-1-5(9)7-2-3(4)6(10)11;1-3-2/h1-2H,(H,10,11)(H2,7,8,9);1H. The van der Waals surface area contributed by atoms with Crippen molar-refractivity contribution in [3.8, 4) is 5.75 Å². The molecule has 1 aromatic heterocycles. The highest BCUT2D eigenvalue weighted by Gasteiger charge is 2.08. The highest BCUT2D eigenvalue weighted by atomic mass is 16.4. The maximum absolute atomic E-state index is 10.5. The first-order valence-corrected chi connectivity index (χ1v) is 3.18. The number of carboxylic acids is 1. The van der Waals surface area contributed by atoms with Gasteiger partial charge in [-0.2, -0.15) is 0 Å². The van der Waals surface area contributed by atoms with Crippen molar-refractivity contribution in [3.05, 3.63) is 38.6 Å². The number of carbonyl (C=O) groups is 1. The van der Waals surface area contributed by atoms with Gasteiger partial charge < -0.3 is 15.2 Å².